The van der Waals surface area contributed by atoms with Crippen molar-refractivity contribution >= 4 is 34.1 Å². The topological polar surface area (TPSA) is 83.6 Å². The third kappa shape index (κ3) is 5.19. The van der Waals surface area contributed by atoms with E-state index in [1.54, 1.807) is 19.2 Å². The second kappa shape index (κ2) is 8.85. The molecule has 1 fully saturated rings. The van der Waals surface area contributed by atoms with Gasteiger partial charge in [0.05, 0.1) is 24.9 Å². The summed E-state index contributed by atoms with van der Waals surface area (Å²) in [5, 5.41) is 7.70. The zero-order valence-corrected chi connectivity index (χ0v) is 16.3. The minimum atomic E-state index is -0.406. The van der Waals surface area contributed by atoms with Gasteiger partial charge in [-0.05, 0) is 30.9 Å². The molecule has 0 unspecified atom stereocenters. The third-order valence-electron chi connectivity index (χ3n) is 4.47. The average Bonchev–Trinajstić information content (AvgIpc) is 3.08. The number of ether oxygens (including phenoxy) is 1. The number of nitrogens with one attached hydrogen (secondary N) is 2. The largest absolute Gasteiger partial charge is 0.495 e. The second-order valence-corrected chi connectivity index (χ2v) is 7.55. The number of likely N-dealkylation sites (tertiary alicyclic amines) is 1. The van der Waals surface area contributed by atoms with Crippen LogP contribution < -0.4 is 15.4 Å². The van der Waals surface area contributed by atoms with E-state index < -0.39 is 6.03 Å². The number of aromatic nitrogens is 1. The average molecular weight is 388 g/mol. The third-order valence-corrected chi connectivity index (χ3v) is 5.28. The number of urea groups is 1. The summed E-state index contributed by atoms with van der Waals surface area (Å²) in [6.45, 7) is 3.81. The van der Waals surface area contributed by atoms with Crippen molar-refractivity contribution in [2.45, 2.75) is 26.2 Å². The van der Waals surface area contributed by atoms with Gasteiger partial charge in [0.2, 0.25) is 5.91 Å². The van der Waals surface area contributed by atoms with Crippen molar-refractivity contribution < 1.29 is 14.3 Å². The van der Waals surface area contributed by atoms with Gasteiger partial charge in [0.15, 0.2) is 5.13 Å². The summed E-state index contributed by atoms with van der Waals surface area (Å²) in [5.74, 6) is 1.22. The van der Waals surface area contributed by atoms with Gasteiger partial charge in [-0.2, -0.15) is 0 Å². The van der Waals surface area contributed by atoms with Crippen LogP contribution in [0, 0.1) is 5.92 Å². The Bertz CT molecular complexity index is 808. The van der Waals surface area contributed by atoms with Crippen molar-refractivity contribution in [1.29, 1.82) is 0 Å². The number of hydrogen-bond acceptors (Lipinski definition) is 5. The lowest BCUT2D eigenvalue weighted by atomic mass is 10.00. The summed E-state index contributed by atoms with van der Waals surface area (Å²) >= 11 is 1.30. The summed E-state index contributed by atoms with van der Waals surface area (Å²) in [6.07, 6.45) is 2.49. The lowest BCUT2D eigenvalue weighted by Crippen LogP contribution is -2.39. The van der Waals surface area contributed by atoms with Gasteiger partial charge < -0.3 is 15.0 Å². The summed E-state index contributed by atoms with van der Waals surface area (Å²) in [7, 11) is 1.55. The Kier molecular flexibility index (Phi) is 6.28. The van der Waals surface area contributed by atoms with E-state index >= 15 is 0 Å². The molecule has 1 saturated heterocycles. The van der Waals surface area contributed by atoms with E-state index in [-0.39, 0.29) is 12.3 Å². The molecule has 144 valence electrons. The molecular weight excluding hydrogens is 364 g/mol. The lowest BCUT2D eigenvalue weighted by molar-refractivity contribution is -0.132. The highest BCUT2D eigenvalue weighted by atomic mass is 32.1. The molecule has 1 aliphatic rings. The summed E-state index contributed by atoms with van der Waals surface area (Å²) in [5.41, 5.74) is 1.25. The van der Waals surface area contributed by atoms with Crippen LogP contribution in [0.25, 0.3) is 0 Å². The molecule has 3 amide bonds. The number of anilines is 2. The normalized spacial score (nSPS) is 16.7. The Morgan fingerprint density at radius 3 is 2.93 bits per heavy atom. The monoisotopic (exact) mass is 388 g/mol. The standard InChI is InChI=1S/C19H24N4O3S/c1-13-6-5-9-23(11-13)17(24)10-14-12-27-19(20-14)22-18(25)21-15-7-3-4-8-16(15)26-2/h3-4,7-8,12-13H,5-6,9-11H2,1-2H3,(H2,20,21,22,25)/t13-/m0/s1. The van der Waals surface area contributed by atoms with E-state index in [2.05, 4.69) is 22.5 Å². The minimum Gasteiger partial charge on any atom is -0.495 e. The molecule has 8 heteroatoms. The van der Waals surface area contributed by atoms with Gasteiger partial charge in [0.1, 0.15) is 5.75 Å². The van der Waals surface area contributed by atoms with E-state index in [9.17, 15) is 9.59 Å². The van der Waals surface area contributed by atoms with Crippen LogP contribution in [-0.2, 0) is 11.2 Å². The Morgan fingerprint density at radius 2 is 2.15 bits per heavy atom. The second-order valence-electron chi connectivity index (χ2n) is 6.69. The number of para-hydroxylation sites is 2. The molecule has 7 nitrogen and oxygen atoms in total. The molecule has 2 N–H and O–H groups in total. The predicted octanol–water partition coefficient (Wildman–Crippen LogP) is 3.60. The maximum atomic E-state index is 12.4. The number of rotatable bonds is 5. The highest BCUT2D eigenvalue weighted by Gasteiger charge is 2.21. The number of carbonyl (C=O) groups is 2. The van der Waals surface area contributed by atoms with Gasteiger partial charge in [-0.15, -0.1) is 11.3 Å². The summed E-state index contributed by atoms with van der Waals surface area (Å²) < 4.78 is 5.21. The molecule has 1 aromatic carbocycles. The molecule has 2 aromatic rings. The Balaban J connectivity index is 1.54. The first kappa shape index (κ1) is 19.2. The highest BCUT2D eigenvalue weighted by Crippen LogP contribution is 2.24. The van der Waals surface area contributed by atoms with Gasteiger partial charge in [-0.1, -0.05) is 19.1 Å². The number of benzene rings is 1. The maximum absolute atomic E-state index is 12.4. The molecule has 0 spiro atoms. The van der Waals surface area contributed by atoms with E-state index in [0.717, 1.165) is 19.5 Å². The quantitative estimate of drug-likeness (QED) is 0.820. The summed E-state index contributed by atoms with van der Waals surface area (Å²) in [4.78, 5) is 30.9. The number of carbonyl (C=O) groups excluding carboxylic acids is 2. The van der Waals surface area contributed by atoms with Crippen LogP contribution in [0.2, 0.25) is 0 Å². The van der Waals surface area contributed by atoms with Gasteiger partial charge in [-0.25, -0.2) is 9.78 Å². The fourth-order valence-electron chi connectivity index (χ4n) is 3.13. The van der Waals surface area contributed by atoms with E-state index in [1.165, 1.54) is 17.8 Å². The zero-order valence-electron chi connectivity index (χ0n) is 15.5. The molecular formula is C19H24N4O3S. The van der Waals surface area contributed by atoms with E-state index in [0.29, 0.717) is 28.2 Å². The first-order chi connectivity index (χ1) is 13.0. The molecule has 0 radical (unpaired) electrons. The van der Waals surface area contributed by atoms with Crippen molar-refractivity contribution in [1.82, 2.24) is 9.88 Å². The molecule has 3 rings (SSSR count). The molecule has 0 saturated carbocycles. The van der Waals surface area contributed by atoms with Crippen molar-refractivity contribution in [3.63, 3.8) is 0 Å². The first-order valence-corrected chi connectivity index (χ1v) is 9.86. The molecule has 1 aliphatic heterocycles. The number of nitrogens with zero attached hydrogens (tertiary/aromatic N) is 2. The van der Waals surface area contributed by atoms with Crippen LogP contribution in [-0.4, -0.2) is 42.0 Å². The van der Waals surface area contributed by atoms with Gasteiger partial charge in [0.25, 0.3) is 0 Å². The maximum Gasteiger partial charge on any atom is 0.325 e. The van der Waals surface area contributed by atoms with Crippen LogP contribution in [0.4, 0.5) is 15.6 Å². The van der Waals surface area contributed by atoms with Crippen molar-refractivity contribution in [2.24, 2.45) is 5.92 Å². The van der Waals surface area contributed by atoms with Crippen LogP contribution in [0.5, 0.6) is 5.75 Å². The molecule has 0 aliphatic carbocycles. The highest BCUT2D eigenvalue weighted by molar-refractivity contribution is 7.14. The molecule has 0 bridgehead atoms. The van der Waals surface area contributed by atoms with Crippen molar-refractivity contribution in [3.05, 3.63) is 35.3 Å². The van der Waals surface area contributed by atoms with Gasteiger partial charge in [-0.3, -0.25) is 10.1 Å². The predicted molar refractivity (Wildman–Crippen MR) is 106 cm³/mol. The molecule has 27 heavy (non-hydrogen) atoms. The van der Waals surface area contributed by atoms with Crippen molar-refractivity contribution in [2.75, 3.05) is 30.8 Å². The SMILES string of the molecule is COc1ccccc1NC(=O)Nc1nc(CC(=O)N2CCC[C@H](C)C2)cs1. The Morgan fingerprint density at radius 1 is 1.33 bits per heavy atom. The summed E-state index contributed by atoms with van der Waals surface area (Å²) in [6, 6.07) is 6.76. The lowest BCUT2D eigenvalue weighted by Gasteiger charge is -2.30. The Hall–Kier alpha value is -2.61. The number of thiazole rings is 1. The number of hydrogen-bond donors (Lipinski definition) is 2. The number of amides is 3. The molecule has 2 heterocycles. The number of piperidine rings is 1. The van der Waals surface area contributed by atoms with E-state index in [1.807, 2.05) is 22.4 Å². The van der Waals surface area contributed by atoms with Gasteiger partial charge >= 0.3 is 6.03 Å². The zero-order chi connectivity index (χ0) is 19.2. The van der Waals surface area contributed by atoms with E-state index in [4.69, 9.17) is 4.74 Å². The fourth-order valence-corrected chi connectivity index (χ4v) is 3.83. The number of methoxy groups -OCH3 is 1. The molecule has 1 atom stereocenters. The smallest absolute Gasteiger partial charge is 0.325 e. The van der Waals surface area contributed by atoms with Crippen LogP contribution >= 0.6 is 11.3 Å². The Labute approximate surface area is 162 Å². The van der Waals surface area contributed by atoms with Crippen LogP contribution in [0.1, 0.15) is 25.5 Å². The van der Waals surface area contributed by atoms with Gasteiger partial charge in [0, 0.05) is 18.5 Å². The first-order valence-electron chi connectivity index (χ1n) is 8.98. The van der Waals surface area contributed by atoms with Crippen LogP contribution in [0.3, 0.4) is 0 Å². The minimum absolute atomic E-state index is 0.0943. The fraction of sp³-hybridized carbons (Fsp3) is 0.421. The van der Waals surface area contributed by atoms with Crippen LogP contribution in [0.15, 0.2) is 29.6 Å². The van der Waals surface area contributed by atoms with Crippen molar-refractivity contribution in [3.8, 4) is 5.75 Å². The molecule has 1 aromatic heterocycles.